The molecule has 0 spiro atoms. The molecule has 1 aliphatic rings. The minimum Gasteiger partial charge on any atom is -0.347 e. The van der Waals surface area contributed by atoms with Crippen LogP contribution in [0.1, 0.15) is 17.2 Å². The van der Waals surface area contributed by atoms with E-state index in [9.17, 15) is 19.2 Å². The Bertz CT molecular complexity index is 928. The SMILES string of the molecule is C=CCN1C(=O)C(=O)N(CC(=O)N[C@H](Cc2ccccc2)c2ccccc2)C1=O. The third-order valence-electron chi connectivity index (χ3n) is 4.57. The predicted octanol–water partition coefficient (Wildman–Crippen LogP) is 2.06. The Balaban J connectivity index is 1.73. The molecule has 1 N–H and O–H groups in total. The molecule has 5 amide bonds. The first-order chi connectivity index (χ1) is 14.0. The molecule has 0 bridgehead atoms. The van der Waals surface area contributed by atoms with Gasteiger partial charge in [-0.3, -0.25) is 19.3 Å². The van der Waals surface area contributed by atoms with Crippen molar-refractivity contribution in [1.82, 2.24) is 15.1 Å². The number of carbonyl (C=O) groups is 4. The molecule has 1 saturated heterocycles. The zero-order valence-electron chi connectivity index (χ0n) is 15.8. The second-order valence-electron chi connectivity index (χ2n) is 6.60. The van der Waals surface area contributed by atoms with Crippen LogP contribution in [0.5, 0.6) is 0 Å². The molecule has 29 heavy (non-hydrogen) atoms. The molecule has 7 nitrogen and oxygen atoms in total. The first kappa shape index (κ1) is 20.0. The van der Waals surface area contributed by atoms with Crippen LogP contribution in [0.15, 0.2) is 73.3 Å². The summed E-state index contributed by atoms with van der Waals surface area (Å²) in [4.78, 5) is 50.3. The number of hydrogen-bond acceptors (Lipinski definition) is 4. The van der Waals surface area contributed by atoms with Crippen LogP contribution in [-0.4, -0.2) is 46.6 Å². The summed E-state index contributed by atoms with van der Waals surface area (Å²) in [6.07, 6.45) is 1.89. The normalized spacial score (nSPS) is 14.8. The largest absolute Gasteiger partial charge is 0.347 e. The van der Waals surface area contributed by atoms with Gasteiger partial charge in [0.2, 0.25) is 5.91 Å². The van der Waals surface area contributed by atoms with Crippen LogP contribution >= 0.6 is 0 Å². The molecule has 0 saturated carbocycles. The number of imide groups is 2. The van der Waals surface area contributed by atoms with Crippen LogP contribution in [0.4, 0.5) is 4.79 Å². The summed E-state index contributed by atoms with van der Waals surface area (Å²) in [7, 11) is 0. The van der Waals surface area contributed by atoms with E-state index in [1.165, 1.54) is 6.08 Å². The first-order valence-electron chi connectivity index (χ1n) is 9.17. The zero-order valence-corrected chi connectivity index (χ0v) is 15.8. The molecule has 0 aliphatic carbocycles. The highest BCUT2D eigenvalue weighted by Gasteiger charge is 2.44. The van der Waals surface area contributed by atoms with Crippen LogP contribution in [0.3, 0.4) is 0 Å². The van der Waals surface area contributed by atoms with E-state index >= 15 is 0 Å². The van der Waals surface area contributed by atoms with E-state index in [2.05, 4.69) is 11.9 Å². The van der Waals surface area contributed by atoms with Crippen molar-refractivity contribution in [2.45, 2.75) is 12.5 Å². The lowest BCUT2D eigenvalue weighted by Crippen LogP contribution is -2.42. The van der Waals surface area contributed by atoms with Gasteiger partial charge in [0.15, 0.2) is 0 Å². The van der Waals surface area contributed by atoms with Crippen molar-refractivity contribution in [2.75, 3.05) is 13.1 Å². The molecule has 0 radical (unpaired) electrons. The first-order valence-corrected chi connectivity index (χ1v) is 9.17. The second kappa shape index (κ2) is 8.97. The molecular formula is C22H21N3O4. The second-order valence-corrected chi connectivity index (χ2v) is 6.60. The van der Waals surface area contributed by atoms with Crippen LogP contribution in [-0.2, 0) is 20.8 Å². The van der Waals surface area contributed by atoms with Gasteiger partial charge < -0.3 is 5.32 Å². The number of carbonyl (C=O) groups excluding carboxylic acids is 4. The molecule has 2 aromatic rings. The number of urea groups is 1. The highest BCUT2D eigenvalue weighted by molar-refractivity contribution is 6.45. The van der Waals surface area contributed by atoms with Crippen LogP contribution in [0.2, 0.25) is 0 Å². The molecule has 148 valence electrons. The van der Waals surface area contributed by atoms with Gasteiger partial charge in [-0.25, -0.2) is 9.69 Å². The fourth-order valence-electron chi connectivity index (χ4n) is 3.15. The zero-order chi connectivity index (χ0) is 20.8. The van der Waals surface area contributed by atoms with Gasteiger partial charge in [0, 0.05) is 6.54 Å². The standard InChI is InChI=1S/C22H21N3O4/c1-2-13-24-20(27)21(28)25(22(24)29)15-19(26)23-18(17-11-7-4-8-12-17)14-16-9-5-3-6-10-16/h2-12,18H,1,13-15H2,(H,23,26)/t18-/m1/s1. The Kier molecular flexibility index (Phi) is 6.19. The Labute approximate surface area is 168 Å². The van der Waals surface area contributed by atoms with Crippen LogP contribution in [0, 0.1) is 0 Å². The highest BCUT2D eigenvalue weighted by atomic mass is 16.2. The monoisotopic (exact) mass is 391 g/mol. The lowest BCUT2D eigenvalue weighted by atomic mass is 9.99. The Morgan fingerprint density at radius 1 is 0.931 bits per heavy atom. The quantitative estimate of drug-likeness (QED) is 0.424. The molecule has 0 aromatic heterocycles. The van der Waals surface area contributed by atoms with Crippen LogP contribution in [0.25, 0.3) is 0 Å². The number of amides is 5. The maximum Gasteiger partial charge on any atom is 0.335 e. The van der Waals surface area contributed by atoms with Crippen molar-refractivity contribution < 1.29 is 19.2 Å². The third-order valence-corrected chi connectivity index (χ3v) is 4.57. The number of hydrogen-bond donors (Lipinski definition) is 1. The van der Waals surface area contributed by atoms with Gasteiger partial charge >= 0.3 is 17.8 Å². The minimum absolute atomic E-state index is 0.0812. The summed E-state index contributed by atoms with van der Waals surface area (Å²) in [6, 6.07) is 17.9. The smallest absolute Gasteiger partial charge is 0.335 e. The highest BCUT2D eigenvalue weighted by Crippen LogP contribution is 2.19. The summed E-state index contributed by atoms with van der Waals surface area (Å²) in [5.41, 5.74) is 1.93. The van der Waals surface area contributed by atoms with Gasteiger partial charge in [-0.15, -0.1) is 6.58 Å². The van der Waals surface area contributed by atoms with Gasteiger partial charge in [0.05, 0.1) is 6.04 Å². The Hall–Kier alpha value is -3.74. The van der Waals surface area contributed by atoms with Crippen molar-refractivity contribution in [2.24, 2.45) is 0 Å². The number of benzene rings is 2. The Morgan fingerprint density at radius 2 is 1.52 bits per heavy atom. The van der Waals surface area contributed by atoms with Crippen molar-refractivity contribution in [3.05, 3.63) is 84.4 Å². The molecule has 2 aromatic carbocycles. The van der Waals surface area contributed by atoms with E-state index < -0.39 is 30.3 Å². The van der Waals surface area contributed by atoms with Gasteiger partial charge in [-0.05, 0) is 17.5 Å². The van der Waals surface area contributed by atoms with Crippen molar-refractivity contribution in [3.8, 4) is 0 Å². The van der Waals surface area contributed by atoms with Gasteiger partial charge in [0.1, 0.15) is 6.54 Å². The van der Waals surface area contributed by atoms with E-state index in [-0.39, 0.29) is 12.6 Å². The summed E-state index contributed by atoms with van der Waals surface area (Å²) < 4.78 is 0. The average Bonchev–Trinajstić information content (AvgIpc) is 2.93. The average molecular weight is 391 g/mol. The van der Waals surface area contributed by atoms with Gasteiger partial charge in [-0.1, -0.05) is 66.7 Å². The maximum atomic E-state index is 12.6. The van der Waals surface area contributed by atoms with E-state index in [0.717, 1.165) is 16.0 Å². The molecule has 3 rings (SSSR count). The molecule has 1 aliphatic heterocycles. The fourth-order valence-corrected chi connectivity index (χ4v) is 3.15. The maximum absolute atomic E-state index is 12.6. The topological polar surface area (TPSA) is 86.8 Å². The predicted molar refractivity (Wildman–Crippen MR) is 106 cm³/mol. The molecule has 1 heterocycles. The summed E-state index contributed by atoms with van der Waals surface area (Å²) >= 11 is 0. The summed E-state index contributed by atoms with van der Waals surface area (Å²) in [6.45, 7) is 2.86. The van der Waals surface area contributed by atoms with Crippen molar-refractivity contribution in [1.29, 1.82) is 0 Å². The van der Waals surface area contributed by atoms with E-state index in [1.54, 1.807) is 0 Å². The van der Waals surface area contributed by atoms with Gasteiger partial charge in [0.25, 0.3) is 0 Å². The molecule has 0 unspecified atom stereocenters. The van der Waals surface area contributed by atoms with E-state index in [1.807, 2.05) is 60.7 Å². The van der Waals surface area contributed by atoms with E-state index in [4.69, 9.17) is 0 Å². The number of nitrogens with zero attached hydrogens (tertiary/aromatic N) is 2. The Morgan fingerprint density at radius 3 is 2.14 bits per heavy atom. The van der Waals surface area contributed by atoms with Crippen molar-refractivity contribution in [3.63, 3.8) is 0 Å². The molecule has 1 fully saturated rings. The van der Waals surface area contributed by atoms with Crippen LogP contribution < -0.4 is 5.32 Å². The van der Waals surface area contributed by atoms with Crippen molar-refractivity contribution >= 4 is 23.8 Å². The minimum atomic E-state index is -1.01. The molecular weight excluding hydrogens is 370 g/mol. The van der Waals surface area contributed by atoms with Gasteiger partial charge in [-0.2, -0.15) is 0 Å². The van der Waals surface area contributed by atoms with E-state index in [0.29, 0.717) is 11.3 Å². The fraction of sp³-hybridized carbons (Fsp3) is 0.182. The summed E-state index contributed by atoms with van der Waals surface area (Å²) in [5.74, 6) is -2.48. The lowest BCUT2D eigenvalue weighted by molar-refractivity contribution is -0.143. The third kappa shape index (κ3) is 4.57. The lowest BCUT2D eigenvalue weighted by Gasteiger charge is -2.21. The summed E-state index contributed by atoms with van der Waals surface area (Å²) in [5, 5.41) is 2.88. The molecule has 7 heteroatoms. The number of nitrogens with one attached hydrogen (secondary N) is 1. The molecule has 1 atom stereocenters. The number of rotatable bonds is 8.